The lowest BCUT2D eigenvalue weighted by Crippen LogP contribution is -2.14. The van der Waals surface area contributed by atoms with Gasteiger partial charge in [0.05, 0.1) is 11.2 Å². The molecule has 0 aliphatic heterocycles. The Kier molecular flexibility index (Phi) is 4.31. The summed E-state index contributed by atoms with van der Waals surface area (Å²) in [5, 5.41) is 15.1. The lowest BCUT2D eigenvalue weighted by molar-refractivity contribution is 0.103. The van der Waals surface area contributed by atoms with Crippen LogP contribution in [0.1, 0.15) is 20.2 Å². The van der Waals surface area contributed by atoms with Crippen LogP contribution in [0.15, 0.2) is 35.6 Å². The second-order valence-electron chi connectivity index (χ2n) is 4.16. The number of anilines is 1. The van der Waals surface area contributed by atoms with E-state index in [9.17, 15) is 4.79 Å². The van der Waals surface area contributed by atoms with E-state index in [0.29, 0.717) is 17.0 Å². The number of nitrogens with zero attached hydrogens (tertiary/aromatic N) is 2. The van der Waals surface area contributed by atoms with Crippen molar-refractivity contribution in [1.82, 2.24) is 4.98 Å². The first-order chi connectivity index (χ1) is 9.58. The normalized spacial score (nSPS) is 11.3. The highest BCUT2D eigenvalue weighted by Gasteiger charge is 2.09. The minimum Gasteiger partial charge on any atom is -0.409 e. The molecule has 0 aliphatic rings. The number of carbonyl (C=O) groups excluding carboxylic acids is 1. The number of nitrogens with two attached hydrogens (primary N) is 1. The van der Waals surface area contributed by atoms with Crippen LogP contribution in [-0.2, 0) is 6.42 Å². The zero-order valence-corrected chi connectivity index (χ0v) is 11.6. The molecule has 1 aromatic heterocycles. The quantitative estimate of drug-likeness (QED) is 0.347. The molecule has 1 aromatic carbocycles. The van der Waals surface area contributed by atoms with Gasteiger partial charge in [0.2, 0.25) is 0 Å². The minimum absolute atomic E-state index is 0.141. The average Bonchev–Trinajstić information content (AvgIpc) is 2.87. The van der Waals surface area contributed by atoms with Gasteiger partial charge in [0.25, 0.3) is 5.91 Å². The molecule has 2 aromatic rings. The summed E-state index contributed by atoms with van der Waals surface area (Å²) in [5.74, 6) is -0.0401. The number of benzene rings is 1. The number of nitrogens with one attached hydrogen (secondary N) is 1. The summed E-state index contributed by atoms with van der Waals surface area (Å²) in [5.41, 5.74) is 7.01. The largest absolute Gasteiger partial charge is 0.409 e. The molecule has 0 unspecified atom stereocenters. The number of amides is 1. The van der Waals surface area contributed by atoms with Gasteiger partial charge in [-0.05, 0) is 24.6 Å². The molecule has 1 amide bonds. The smallest absolute Gasteiger partial charge is 0.267 e. The highest BCUT2D eigenvalue weighted by molar-refractivity contribution is 7.13. The summed E-state index contributed by atoms with van der Waals surface area (Å²) in [7, 11) is 0. The molecular formula is C13H14N4O2S. The standard InChI is InChI=1S/C13H14N4O2S/c1-8-15-7-11(20-8)13(18)16-10-4-2-9(3-5-10)6-12(14)17-19/h2-5,7,19H,6H2,1H3,(H2,14,17)(H,16,18). The van der Waals surface area contributed by atoms with Crippen LogP contribution in [0.3, 0.4) is 0 Å². The molecular weight excluding hydrogens is 276 g/mol. The van der Waals surface area contributed by atoms with E-state index in [4.69, 9.17) is 10.9 Å². The van der Waals surface area contributed by atoms with Crippen molar-refractivity contribution in [3.63, 3.8) is 0 Å². The summed E-state index contributed by atoms with van der Waals surface area (Å²) in [4.78, 5) is 16.5. The van der Waals surface area contributed by atoms with Crippen LogP contribution < -0.4 is 11.1 Å². The summed E-state index contributed by atoms with van der Waals surface area (Å²) in [6, 6.07) is 7.16. The molecule has 0 aliphatic carbocycles. The molecule has 0 spiro atoms. The van der Waals surface area contributed by atoms with E-state index in [1.54, 1.807) is 18.3 Å². The van der Waals surface area contributed by atoms with Crippen molar-refractivity contribution in [2.75, 3.05) is 5.32 Å². The Balaban J connectivity index is 2.02. The topological polar surface area (TPSA) is 101 Å². The monoisotopic (exact) mass is 290 g/mol. The number of oxime groups is 1. The molecule has 4 N–H and O–H groups in total. The lowest BCUT2D eigenvalue weighted by atomic mass is 10.1. The van der Waals surface area contributed by atoms with Gasteiger partial charge in [-0.15, -0.1) is 11.3 Å². The number of rotatable bonds is 4. The third-order valence-electron chi connectivity index (χ3n) is 2.57. The van der Waals surface area contributed by atoms with Crippen molar-refractivity contribution in [2.45, 2.75) is 13.3 Å². The molecule has 7 heteroatoms. The molecule has 0 fully saturated rings. The maximum absolute atomic E-state index is 11.9. The lowest BCUT2D eigenvalue weighted by Gasteiger charge is -2.05. The van der Waals surface area contributed by atoms with Crippen molar-refractivity contribution < 1.29 is 10.0 Å². The predicted octanol–water partition coefficient (Wildman–Crippen LogP) is 1.99. The zero-order chi connectivity index (χ0) is 14.5. The van der Waals surface area contributed by atoms with Crippen LogP contribution in [-0.4, -0.2) is 21.9 Å². The van der Waals surface area contributed by atoms with E-state index >= 15 is 0 Å². The van der Waals surface area contributed by atoms with Gasteiger partial charge in [0, 0.05) is 12.1 Å². The third kappa shape index (κ3) is 3.55. The predicted molar refractivity (Wildman–Crippen MR) is 78.4 cm³/mol. The van der Waals surface area contributed by atoms with Gasteiger partial charge in [0.1, 0.15) is 10.7 Å². The fraction of sp³-hybridized carbons (Fsp3) is 0.154. The van der Waals surface area contributed by atoms with Crippen LogP contribution >= 0.6 is 11.3 Å². The maximum Gasteiger partial charge on any atom is 0.267 e. The maximum atomic E-state index is 11.9. The second-order valence-corrected chi connectivity index (χ2v) is 5.40. The summed E-state index contributed by atoms with van der Waals surface area (Å²) in [6.07, 6.45) is 1.92. The highest BCUT2D eigenvalue weighted by atomic mass is 32.1. The Morgan fingerprint density at radius 1 is 1.45 bits per heavy atom. The fourth-order valence-electron chi connectivity index (χ4n) is 1.61. The second kappa shape index (κ2) is 6.16. The summed E-state index contributed by atoms with van der Waals surface area (Å²) in [6.45, 7) is 1.85. The summed E-state index contributed by atoms with van der Waals surface area (Å²) < 4.78 is 0. The number of hydrogen-bond acceptors (Lipinski definition) is 5. The number of aryl methyl sites for hydroxylation is 1. The van der Waals surface area contributed by atoms with Gasteiger partial charge in [-0.25, -0.2) is 4.98 Å². The third-order valence-corrected chi connectivity index (χ3v) is 3.48. The van der Waals surface area contributed by atoms with Gasteiger partial charge in [-0.2, -0.15) is 0 Å². The SMILES string of the molecule is Cc1ncc(C(=O)Nc2ccc(C/C(N)=N/O)cc2)s1. The first kappa shape index (κ1) is 14.0. The fourth-order valence-corrected chi connectivity index (χ4v) is 2.28. The van der Waals surface area contributed by atoms with E-state index in [1.807, 2.05) is 19.1 Å². The molecule has 6 nitrogen and oxygen atoms in total. The molecule has 0 radical (unpaired) electrons. The minimum atomic E-state index is -0.181. The first-order valence-electron chi connectivity index (χ1n) is 5.87. The number of hydrogen-bond donors (Lipinski definition) is 3. The van der Waals surface area contributed by atoms with Crippen molar-refractivity contribution in [3.8, 4) is 0 Å². The molecule has 104 valence electrons. The molecule has 1 heterocycles. The van der Waals surface area contributed by atoms with Crippen molar-refractivity contribution in [3.05, 3.63) is 45.9 Å². The van der Waals surface area contributed by atoms with Crippen LogP contribution in [0.5, 0.6) is 0 Å². The molecule has 0 saturated heterocycles. The highest BCUT2D eigenvalue weighted by Crippen LogP contribution is 2.15. The van der Waals surface area contributed by atoms with Gasteiger partial charge < -0.3 is 16.3 Å². The van der Waals surface area contributed by atoms with E-state index in [-0.39, 0.29) is 11.7 Å². The Morgan fingerprint density at radius 3 is 2.70 bits per heavy atom. The van der Waals surface area contributed by atoms with Crippen LogP contribution in [0.4, 0.5) is 5.69 Å². The van der Waals surface area contributed by atoms with Crippen LogP contribution in [0.25, 0.3) is 0 Å². The zero-order valence-electron chi connectivity index (χ0n) is 10.8. The first-order valence-corrected chi connectivity index (χ1v) is 6.69. The van der Waals surface area contributed by atoms with Crippen LogP contribution in [0, 0.1) is 6.92 Å². The van der Waals surface area contributed by atoms with Crippen molar-refractivity contribution >= 4 is 28.8 Å². The summed E-state index contributed by atoms with van der Waals surface area (Å²) >= 11 is 1.35. The Bertz CT molecular complexity index is 634. The molecule has 0 atom stereocenters. The van der Waals surface area contributed by atoms with Gasteiger partial charge in [-0.3, -0.25) is 4.79 Å². The van der Waals surface area contributed by atoms with E-state index in [2.05, 4.69) is 15.5 Å². The number of aromatic nitrogens is 1. The van der Waals surface area contributed by atoms with E-state index in [1.165, 1.54) is 11.3 Å². The molecule has 20 heavy (non-hydrogen) atoms. The van der Waals surface area contributed by atoms with E-state index in [0.717, 1.165) is 10.6 Å². The number of thiazole rings is 1. The molecule has 2 rings (SSSR count). The van der Waals surface area contributed by atoms with Gasteiger partial charge in [-0.1, -0.05) is 17.3 Å². The Hall–Kier alpha value is -2.41. The van der Waals surface area contributed by atoms with Gasteiger partial charge in [0.15, 0.2) is 0 Å². The Labute approximate surface area is 120 Å². The van der Waals surface area contributed by atoms with Crippen molar-refractivity contribution in [1.29, 1.82) is 0 Å². The van der Waals surface area contributed by atoms with Gasteiger partial charge >= 0.3 is 0 Å². The number of amidine groups is 1. The van der Waals surface area contributed by atoms with Crippen LogP contribution in [0.2, 0.25) is 0 Å². The number of carbonyl (C=O) groups is 1. The average molecular weight is 290 g/mol. The Morgan fingerprint density at radius 2 is 2.15 bits per heavy atom. The van der Waals surface area contributed by atoms with Crippen molar-refractivity contribution in [2.24, 2.45) is 10.9 Å². The molecule has 0 bridgehead atoms. The van der Waals surface area contributed by atoms with E-state index < -0.39 is 0 Å². The molecule has 0 saturated carbocycles.